The van der Waals surface area contributed by atoms with Crippen LogP contribution in [0.25, 0.3) is 0 Å². The van der Waals surface area contributed by atoms with Crippen molar-refractivity contribution in [3.05, 3.63) is 11.5 Å². The monoisotopic (exact) mass is 222 g/mol. The van der Waals surface area contributed by atoms with Crippen molar-refractivity contribution >= 4 is 11.5 Å². The van der Waals surface area contributed by atoms with Gasteiger partial charge in [0.25, 0.3) is 0 Å². The molecule has 0 aromatic heterocycles. The van der Waals surface area contributed by atoms with E-state index in [0.29, 0.717) is 39.0 Å². The minimum atomic E-state index is -0.555. The smallest absolute Gasteiger partial charge is 0.166 e. The van der Waals surface area contributed by atoms with Crippen LogP contribution < -0.4 is 5.73 Å². The van der Waals surface area contributed by atoms with Gasteiger partial charge in [0.15, 0.2) is 11.4 Å². The number of carbonyl (C=O) groups excluding carboxylic acids is 1. The van der Waals surface area contributed by atoms with Crippen LogP contribution in [0.2, 0.25) is 0 Å². The normalized spacial score (nSPS) is 33.1. The predicted molar refractivity (Wildman–Crippen MR) is 57.0 cm³/mol. The van der Waals surface area contributed by atoms with E-state index in [1.54, 1.807) is 0 Å². The zero-order valence-corrected chi connectivity index (χ0v) is 8.99. The molecule has 1 saturated carbocycles. The van der Waals surface area contributed by atoms with Gasteiger partial charge in [-0.05, 0) is 6.42 Å². The van der Waals surface area contributed by atoms with Gasteiger partial charge in [0, 0.05) is 19.4 Å². The van der Waals surface area contributed by atoms with Crippen LogP contribution in [0.5, 0.6) is 0 Å². The lowest BCUT2D eigenvalue weighted by Gasteiger charge is -2.39. The highest BCUT2D eigenvalue weighted by atomic mass is 16.6. The molecule has 0 amide bonds. The molecule has 1 saturated heterocycles. The highest BCUT2D eigenvalue weighted by Crippen LogP contribution is 2.43. The SMILES string of the molecule is NCC1=C2OCCOC23CCC(=O)CC3=N1. The van der Waals surface area contributed by atoms with E-state index in [0.717, 1.165) is 17.2 Å². The van der Waals surface area contributed by atoms with Gasteiger partial charge in [-0.3, -0.25) is 9.79 Å². The van der Waals surface area contributed by atoms with Gasteiger partial charge >= 0.3 is 0 Å². The third-order valence-corrected chi connectivity index (χ3v) is 3.36. The van der Waals surface area contributed by atoms with Crippen LogP contribution in [0.4, 0.5) is 0 Å². The number of nitrogens with zero attached hydrogens (tertiary/aromatic N) is 1. The first-order chi connectivity index (χ1) is 7.76. The number of rotatable bonds is 1. The van der Waals surface area contributed by atoms with Gasteiger partial charge in [0.1, 0.15) is 12.4 Å². The van der Waals surface area contributed by atoms with Gasteiger partial charge in [0.05, 0.1) is 18.0 Å². The summed E-state index contributed by atoms with van der Waals surface area (Å²) in [5.74, 6) is 0.972. The Morgan fingerprint density at radius 1 is 1.44 bits per heavy atom. The van der Waals surface area contributed by atoms with Gasteiger partial charge < -0.3 is 15.2 Å². The second-order valence-corrected chi connectivity index (χ2v) is 4.28. The Balaban J connectivity index is 2.04. The van der Waals surface area contributed by atoms with Gasteiger partial charge in [0.2, 0.25) is 0 Å². The third kappa shape index (κ3) is 1.18. The topological polar surface area (TPSA) is 73.9 Å². The number of ketones is 1. The number of ether oxygens (including phenoxy) is 2. The minimum absolute atomic E-state index is 0.219. The Bertz CT molecular complexity index is 413. The van der Waals surface area contributed by atoms with Gasteiger partial charge in [-0.1, -0.05) is 0 Å². The summed E-state index contributed by atoms with van der Waals surface area (Å²) in [5, 5.41) is 0. The molecule has 0 aromatic rings. The third-order valence-electron chi connectivity index (χ3n) is 3.36. The standard InChI is InChI=1S/C11H14N2O3/c12-6-8-10-11(16-4-3-15-10)2-1-7(14)5-9(11)13-8/h1-6,12H2. The minimum Gasteiger partial charge on any atom is -0.490 e. The molecule has 5 nitrogen and oxygen atoms in total. The summed E-state index contributed by atoms with van der Waals surface area (Å²) >= 11 is 0. The zero-order chi connectivity index (χ0) is 11.2. The average molecular weight is 222 g/mol. The summed E-state index contributed by atoms with van der Waals surface area (Å²) in [7, 11) is 0. The summed E-state index contributed by atoms with van der Waals surface area (Å²) in [6, 6.07) is 0. The highest BCUT2D eigenvalue weighted by Gasteiger charge is 2.52. The lowest BCUT2D eigenvalue weighted by Crippen LogP contribution is -2.49. The number of hydrogen-bond acceptors (Lipinski definition) is 5. The van der Waals surface area contributed by atoms with Crippen LogP contribution in [0.3, 0.4) is 0 Å². The maximum absolute atomic E-state index is 11.4. The van der Waals surface area contributed by atoms with Crippen LogP contribution in [-0.4, -0.2) is 36.9 Å². The highest BCUT2D eigenvalue weighted by molar-refractivity contribution is 6.11. The second kappa shape index (κ2) is 3.40. The van der Waals surface area contributed by atoms with Crippen molar-refractivity contribution in [1.29, 1.82) is 0 Å². The molecular formula is C11H14N2O3. The van der Waals surface area contributed by atoms with Crippen molar-refractivity contribution in [3.8, 4) is 0 Å². The first-order valence-corrected chi connectivity index (χ1v) is 5.56. The van der Waals surface area contributed by atoms with Gasteiger partial charge in [-0.2, -0.15) is 0 Å². The summed E-state index contributed by atoms with van der Waals surface area (Å²) in [6.07, 6.45) is 1.55. The molecule has 1 spiro atoms. The van der Waals surface area contributed by atoms with Crippen molar-refractivity contribution in [3.63, 3.8) is 0 Å². The summed E-state index contributed by atoms with van der Waals surface area (Å²) in [6.45, 7) is 1.42. The Morgan fingerprint density at radius 3 is 3.12 bits per heavy atom. The van der Waals surface area contributed by atoms with Crippen LogP contribution in [-0.2, 0) is 14.3 Å². The first kappa shape index (κ1) is 9.99. The van der Waals surface area contributed by atoms with Crippen molar-refractivity contribution in [2.45, 2.75) is 24.9 Å². The molecule has 0 bridgehead atoms. The summed E-state index contributed by atoms with van der Waals surface area (Å²) in [5.41, 5.74) is 6.62. The van der Waals surface area contributed by atoms with E-state index in [9.17, 15) is 4.79 Å². The lowest BCUT2D eigenvalue weighted by atomic mass is 9.81. The molecule has 0 aromatic carbocycles. The predicted octanol–water partition coefficient (Wildman–Crippen LogP) is 0.150. The van der Waals surface area contributed by atoms with Crippen molar-refractivity contribution in [2.24, 2.45) is 10.7 Å². The largest absolute Gasteiger partial charge is 0.490 e. The van der Waals surface area contributed by atoms with E-state index in [2.05, 4.69) is 4.99 Å². The number of nitrogens with two attached hydrogens (primary N) is 1. The number of Topliss-reactive ketones (excluding diaryl/α,β-unsaturated/α-hetero) is 1. The van der Waals surface area contributed by atoms with Crippen LogP contribution >= 0.6 is 0 Å². The van der Waals surface area contributed by atoms with E-state index < -0.39 is 5.60 Å². The van der Waals surface area contributed by atoms with Gasteiger partial charge in [-0.15, -0.1) is 0 Å². The van der Waals surface area contributed by atoms with Crippen molar-refractivity contribution in [2.75, 3.05) is 19.8 Å². The fourth-order valence-electron chi connectivity index (χ4n) is 2.62. The molecule has 2 N–H and O–H groups in total. The van der Waals surface area contributed by atoms with E-state index in [1.807, 2.05) is 0 Å². The summed E-state index contributed by atoms with van der Waals surface area (Å²) in [4.78, 5) is 15.9. The number of carbonyl (C=O) groups is 1. The molecule has 5 heteroatoms. The van der Waals surface area contributed by atoms with Crippen molar-refractivity contribution < 1.29 is 14.3 Å². The molecule has 86 valence electrons. The number of hydrogen-bond donors (Lipinski definition) is 1. The lowest BCUT2D eigenvalue weighted by molar-refractivity contribution is -0.123. The molecule has 1 aliphatic carbocycles. The van der Waals surface area contributed by atoms with Gasteiger partial charge in [-0.25, -0.2) is 0 Å². The molecular weight excluding hydrogens is 208 g/mol. The van der Waals surface area contributed by atoms with Crippen LogP contribution in [0.15, 0.2) is 16.4 Å². The van der Waals surface area contributed by atoms with E-state index >= 15 is 0 Å². The zero-order valence-electron chi connectivity index (χ0n) is 8.99. The molecule has 2 heterocycles. The number of aliphatic imine (C=N–C) groups is 1. The maximum atomic E-state index is 11.4. The molecule has 0 radical (unpaired) electrons. The first-order valence-electron chi connectivity index (χ1n) is 5.56. The molecule has 3 aliphatic rings. The second-order valence-electron chi connectivity index (χ2n) is 4.28. The van der Waals surface area contributed by atoms with E-state index in [1.165, 1.54) is 0 Å². The Kier molecular flexibility index (Phi) is 2.12. The molecule has 2 aliphatic heterocycles. The van der Waals surface area contributed by atoms with E-state index in [4.69, 9.17) is 15.2 Å². The van der Waals surface area contributed by atoms with Crippen LogP contribution in [0, 0.1) is 0 Å². The van der Waals surface area contributed by atoms with Crippen LogP contribution in [0.1, 0.15) is 19.3 Å². The maximum Gasteiger partial charge on any atom is 0.166 e. The Hall–Kier alpha value is -1.20. The molecule has 1 atom stereocenters. The molecule has 2 fully saturated rings. The molecule has 16 heavy (non-hydrogen) atoms. The Labute approximate surface area is 93.3 Å². The average Bonchev–Trinajstić information content (AvgIpc) is 2.63. The molecule has 1 unspecified atom stereocenters. The van der Waals surface area contributed by atoms with Crippen molar-refractivity contribution in [1.82, 2.24) is 0 Å². The molecule has 3 rings (SSSR count). The fourth-order valence-corrected chi connectivity index (χ4v) is 2.62. The quantitative estimate of drug-likeness (QED) is 0.685. The summed E-state index contributed by atoms with van der Waals surface area (Å²) < 4.78 is 11.5. The van der Waals surface area contributed by atoms with E-state index in [-0.39, 0.29) is 5.78 Å². The Morgan fingerprint density at radius 2 is 2.31 bits per heavy atom. The fraction of sp³-hybridized carbons (Fsp3) is 0.636.